The minimum atomic E-state index is -0.155. The van der Waals surface area contributed by atoms with Crippen LogP contribution >= 0.6 is 0 Å². The molecule has 1 aromatic rings. The first-order valence-corrected chi connectivity index (χ1v) is 4.91. The van der Waals surface area contributed by atoms with Crippen LogP contribution in [0, 0.1) is 11.2 Å². The molecular formula is C12H18FN. The van der Waals surface area contributed by atoms with Crippen molar-refractivity contribution in [3.8, 4) is 0 Å². The Labute approximate surface area is 85.1 Å². The van der Waals surface area contributed by atoms with Gasteiger partial charge in [-0.3, -0.25) is 0 Å². The van der Waals surface area contributed by atoms with Gasteiger partial charge in [-0.1, -0.05) is 39.0 Å². The Morgan fingerprint density at radius 1 is 1.29 bits per heavy atom. The summed E-state index contributed by atoms with van der Waals surface area (Å²) in [6.07, 6.45) is 0. The molecule has 2 heteroatoms. The van der Waals surface area contributed by atoms with Crippen LogP contribution in [-0.4, -0.2) is 6.54 Å². The molecule has 78 valence electrons. The molecule has 2 N–H and O–H groups in total. The van der Waals surface area contributed by atoms with Crippen LogP contribution in [0.25, 0.3) is 0 Å². The highest BCUT2D eigenvalue weighted by Gasteiger charge is 2.26. The minimum absolute atomic E-state index is 0.00303. The van der Waals surface area contributed by atoms with E-state index in [9.17, 15) is 4.39 Å². The number of nitrogens with two attached hydrogens (primary N) is 1. The number of benzene rings is 1. The molecule has 0 spiro atoms. The molecule has 0 saturated heterocycles. The van der Waals surface area contributed by atoms with E-state index in [1.165, 1.54) is 6.07 Å². The van der Waals surface area contributed by atoms with E-state index in [0.29, 0.717) is 6.54 Å². The van der Waals surface area contributed by atoms with Crippen molar-refractivity contribution in [3.05, 3.63) is 35.6 Å². The third-order valence-corrected chi connectivity index (χ3v) is 2.56. The van der Waals surface area contributed by atoms with E-state index in [-0.39, 0.29) is 17.2 Å². The quantitative estimate of drug-likeness (QED) is 0.771. The van der Waals surface area contributed by atoms with Gasteiger partial charge in [-0.25, -0.2) is 4.39 Å². The van der Waals surface area contributed by atoms with Crippen LogP contribution < -0.4 is 5.73 Å². The van der Waals surface area contributed by atoms with Gasteiger partial charge < -0.3 is 5.73 Å². The summed E-state index contributed by atoms with van der Waals surface area (Å²) in [6.45, 7) is 6.72. The van der Waals surface area contributed by atoms with Crippen LogP contribution in [0.2, 0.25) is 0 Å². The molecule has 0 aliphatic rings. The maximum absolute atomic E-state index is 13.5. The molecule has 0 heterocycles. The van der Waals surface area contributed by atoms with Crippen LogP contribution in [0.15, 0.2) is 24.3 Å². The van der Waals surface area contributed by atoms with Gasteiger partial charge in [0.1, 0.15) is 5.82 Å². The predicted molar refractivity (Wildman–Crippen MR) is 57.7 cm³/mol. The van der Waals surface area contributed by atoms with Crippen LogP contribution in [0.1, 0.15) is 32.3 Å². The van der Waals surface area contributed by atoms with Gasteiger partial charge in [-0.2, -0.15) is 0 Å². The molecule has 1 atom stereocenters. The largest absolute Gasteiger partial charge is 0.330 e. The van der Waals surface area contributed by atoms with Crippen LogP contribution in [0.3, 0.4) is 0 Å². The molecular weight excluding hydrogens is 177 g/mol. The molecule has 0 aliphatic heterocycles. The number of rotatable bonds is 2. The molecule has 0 bridgehead atoms. The van der Waals surface area contributed by atoms with Crippen molar-refractivity contribution in [1.82, 2.24) is 0 Å². The van der Waals surface area contributed by atoms with Gasteiger partial charge in [0.05, 0.1) is 0 Å². The lowest BCUT2D eigenvalue weighted by molar-refractivity contribution is 0.318. The zero-order chi connectivity index (χ0) is 10.8. The average molecular weight is 195 g/mol. The minimum Gasteiger partial charge on any atom is -0.330 e. The van der Waals surface area contributed by atoms with Gasteiger partial charge in [0.15, 0.2) is 0 Å². The van der Waals surface area contributed by atoms with E-state index in [1.807, 2.05) is 12.1 Å². The maximum atomic E-state index is 13.5. The highest BCUT2D eigenvalue weighted by Crippen LogP contribution is 2.35. The Kier molecular flexibility index (Phi) is 3.27. The molecule has 1 nitrogen and oxygen atoms in total. The third kappa shape index (κ3) is 2.32. The third-order valence-electron chi connectivity index (χ3n) is 2.56. The Hall–Kier alpha value is -0.890. The summed E-state index contributed by atoms with van der Waals surface area (Å²) >= 11 is 0. The van der Waals surface area contributed by atoms with Crippen molar-refractivity contribution in [1.29, 1.82) is 0 Å². The van der Waals surface area contributed by atoms with E-state index in [1.54, 1.807) is 6.07 Å². The van der Waals surface area contributed by atoms with Crippen molar-refractivity contribution in [2.75, 3.05) is 6.54 Å². The lowest BCUT2D eigenvalue weighted by Gasteiger charge is -2.30. The highest BCUT2D eigenvalue weighted by molar-refractivity contribution is 5.23. The van der Waals surface area contributed by atoms with E-state index in [0.717, 1.165) is 5.56 Å². The fraction of sp³-hybridized carbons (Fsp3) is 0.500. The second kappa shape index (κ2) is 4.09. The monoisotopic (exact) mass is 195 g/mol. The number of halogens is 1. The highest BCUT2D eigenvalue weighted by atomic mass is 19.1. The molecule has 0 amide bonds. The molecule has 1 unspecified atom stereocenters. The van der Waals surface area contributed by atoms with Gasteiger partial charge in [-0.05, 0) is 23.6 Å². The van der Waals surface area contributed by atoms with Crippen molar-refractivity contribution in [2.24, 2.45) is 11.1 Å². The average Bonchev–Trinajstić information content (AvgIpc) is 2.07. The lowest BCUT2D eigenvalue weighted by Crippen LogP contribution is -2.26. The normalized spacial score (nSPS) is 14.1. The summed E-state index contributed by atoms with van der Waals surface area (Å²) in [5.41, 5.74) is 6.41. The van der Waals surface area contributed by atoms with Crippen LogP contribution in [-0.2, 0) is 0 Å². The fourth-order valence-electron chi connectivity index (χ4n) is 1.70. The zero-order valence-corrected chi connectivity index (χ0v) is 9.05. The molecule has 0 fully saturated rings. The molecule has 1 rings (SSSR count). The van der Waals surface area contributed by atoms with Crippen molar-refractivity contribution in [2.45, 2.75) is 26.7 Å². The first-order valence-electron chi connectivity index (χ1n) is 4.91. The van der Waals surface area contributed by atoms with Crippen molar-refractivity contribution in [3.63, 3.8) is 0 Å². The number of hydrogen-bond acceptors (Lipinski definition) is 1. The summed E-state index contributed by atoms with van der Waals surface area (Å²) in [5, 5.41) is 0. The van der Waals surface area contributed by atoms with Crippen molar-refractivity contribution >= 4 is 0 Å². The topological polar surface area (TPSA) is 26.0 Å². The van der Waals surface area contributed by atoms with E-state index >= 15 is 0 Å². The van der Waals surface area contributed by atoms with E-state index < -0.39 is 0 Å². The Morgan fingerprint density at radius 2 is 1.86 bits per heavy atom. The van der Waals surface area contributed by atoms with E-state index in [2.05, 4.69) is 20.8 Å². The first kappa shape index (κ1) is 11.2. The van der Waals surface area contributed by atoms with Gasteiger partial charge >= 0.3 is 0 Å². The fourth-order valence-corrected chi connectivity index (χ4v) is 1.70. The van der Waals surface area contributed by atoms with Crippen LogP contribution in [0.5, 0.6) is 0 Å². The van der Waals surface area contributed by atoms with Crippen LogP contribution in [0.4, 0.5) is 4.39 Å². The van der Waals surface area contributed by atoms with Gasteiger partial charge in [-0.15, -0.1) is 0 Å². The van der Waals surface area contributed by atoms with Crippen molar-refractivity contribution < 1.29 is 4.39 Å². The molecule has 0 aromatic heterocycles. The standard InChI is InChI=1S/C12H18FN/c1-12(2,3)10(8-14)9-6-4-5-7-11(9)13/h4-7,10H,8,14H2,1-3H3. The molecule has 0 radical (unpaired) electrons. The summed E-state index contributed by atoms with van der Waals surface area (Å²) in [7, 11) is 0. The second-order valence-electron chi connectivity index (χ2n) is 4.68. The summed E-state index contributed by atoms with van der Waals surface area (Å²) in [5.74, 6) is -0.0819. The SMILES string of the molecule is CC(C)(C)C(CN)c1ccccc1F. The summed E-state index contributed by atoms with van der Waals surface area (Å²) < 4.78 is 13.5. The Balaban J connectivity index is 3.08. The Morgan fingerprint density at radius 3 is 2.29 bits per heavy atom. The summed E-state index contributed by atoms with van der Waals surface area (Å²) in [6, 6.07) is 6.86. The molecule has 1 aromatic carbocycles. The van der Waals surface area contributed by atoms with Gasteiger partial charge in [0.25, 0.3) is 0 Å². The maximum Gasteiger partial charge on any atom is 0.126 e. The molecule has 0 saturated carbocycles. The Bertz CT molecular complexity index is 301. The smallest absolute Gasteiger partial charge is 0.126 e. The molecule has 0 aliphatic carbocycles. The zero-order valence-electron chi connectivity index (χ0n) is 9.05. The summed E-state index contributed by atoms with van der Waals surface area (Å²) in [4.78, 5) is 0. The number of hydrogen-bond donors (Lipinski definition) is 1. The van der Waals surface area contributed by atoms with Gasteiger partial charge in [0, 0.05) is 5.92 Å². The van der Waals surface area contributed by atoms with Gasteiger partial charge in [0.2, 0.25) is 0 Å². The van der Waals surface area contributed by atoms with E-state index in [4.69, 9.17) is 5.73 Å². The second-order valence-corrected chi connectivity index (χ2v) is 4.68. The molecule has 14 heavy (non-hydrogen) atoms. The predicted octanol–water partition coefficient (Wildman–Crippen LogP) is 2.91. The first-order chi connectivity index (χ1) is 6.46. The lowest BCUT2D eigenvalue weighted by atomic mass is 9.76.